The number of rotatable bonds is 5. The number of nitrogens with zero attached hydrogens (tertiary/aromatic N) is 2. The Morgan fingerprint density at radius 1 is 1.30 bits per heavy atom. The van der Waals surface area contributed by atoms with Gasteiger partial charge in [-0.1, -0.05) is 24.3 Å². The SMILES string of the molecule is CC(C(=O)N(C)CC(=O)NC1CC1)N1CCc2ccccc2C1. The van der Waals surface area contributed by atoms with Crippen molar-refractivity contribution in [1.29, 1.82) is 0 Å². The van der Waals surface area contributed by atoms with Gasteiger partial charge >= 0.3 is 0 Å². The molecular formula is C18H25N3O2. The van der Waals surface area contributed by atoms with Crippen LogP contribution in [0.1, 0.15) is 30.9 Å². The summed E-state index contributed by atoms with van der Waals surface area (Å²) in [4.78, 5) is 28.2. The highest BCUT2D eigenvalue weighted by Gasteiger charge is 2.29. The van der Waals surface area contributed by atoms with E-state index in [2.05, 4.69) is 28.4 Å². The molecular weight excluding hydrogens is 290 g/mol. The van der Waals surface area contributed by atoms with Gasteiger partial charge in [0.2, 0.25) is 11.8 Å². The summed E-state index contributed by atoms with van der Waals surface area (Å²) in [6.07, 6.45) is 3.10. The molecule has 1 atom stereocenters. The van der Waals surface area contributed by atoms with E-state index in [9.17, 15) is 9.59 Å². The third kappa shape index (κ3) is 3.91. The summed E-state index contributed by atoms with van der Waals surface area (Å²) in [6, 6.07) is 8.53. The van der Waals surface area contributed by atoms with Crippen LogP contribution < -0.4 is 5.32 Å². The van der Waals surface area contributed by atoms with E-state index < -0.39 is 0 Å². The Balaban J connectivity index is 1.55. The molecule has 0 spiro atoms. The monoisotopic (exact) mass is 315 g/mol. The van der Waals surface area contributed by atoms with Crippen molar-refractivity contribution in [3.05, 3.63) is 35.4 Å². The molecule has 1 heterocycles. The average Bonchev–Trinajstić information content (AvgIpc) is 3.36. The number of carbonyl (C=O) groups is 2. The highest BCUT2D eigenvalue weighted by Crippen LogP contribution is 2.21. The number of benzene rings is 1. The summed E-state index contributed by atoms with van der Waals surface area (Å²) in [6.45, 7) is 3.76. The molecule has 124 valence electrons. The number of likely N-dealkylation sites (N-methyl/N-ethyl adjacent to an activating group) is 1. The van der Waals surface area contributed by atoms with Crippen LogP contribution in [0.2, 0.25) is 0 Å². The minimum Gasteiger partial charge on any atom is -0.352 e. The molecule has 1 aliphatic carbocycles. The summed E-state index contributed by atoms with van der Waals surface area (Å²) in [5.41, 5.74) is 2.67. The number of amides is 2. The zero-order valence-electron chi connectivity index (χ0n) is 13.9. The standard InChI is InChI=1S/C18H25N3O2/c1-13(18(23)20(2)12-17(22)19-16-7-8-16)21-10-9-14-5-3-4-6-15(14)11-21/h3-6,13,16H,7-12H2,1-2H3,(H,19,22). The lowest BCUT2D eigenvalue weighted by atomic mass is 9.98. The van der Waals surface area contributed by atoms with E-state index in [4.69, 9.17) is 0 Å². The molecule has 2 amide bonds. The number of hydrogen-bond donors (Lipinski definition) is 1. The second kappa shape index (κ2) is 6.71. The van der Waals surface area contributed by atoms with Crippen LogP contribution in [0.3, 0.4) is 0 Å². The van der Waals surface area contributed by atoms with Crippen molar-refractivity contribution in [2.75, 3.05) is 20.1 Å². The minimum absolute atomic E-state index is 0.00956. The molecule has 1 aromatic rings. The van der Waals surface area contributed by atoms with Gasteiger partial charge in [-0.2, -0.15) is 0 Å². The van der Waals surface area contributed by atoms with Gasteiger partial charge in [-0.3, -0.25) is 14.5 Å². The third-order valence-corrected chi connectivity index (χ3v) is 4.76. The van der Waals surface area contributed by atoms with Crippen molar-refractivity contribution in [2.45, 2.75) is 44.8 Å². The summed E-state index contributed by atoms with van der Waals surface area (Å²) < 4.78 is 0. The predicted molar refractivity (Wildman–Crippen MR) is 88.8 cm³/mol. The minimum atomic E-state index is -0.206. The second-order valence-electron chi connectivity index (χ2n) is 6.70. The summed E-state index contributed by atoms with van der Waals surface area (Å²) in [5.74, 6) is -0.0464. The van der Waals surface area contributed by atoms with Crippen molar-refractivity contribution >= 4 is 11.8 Å². The highest BCUT2D eigenvalue weighted by atomic mass is 16.2. The first-order valence-electron chi connectivity index (χ1n) is 8.40. The molecule has 5 heteroatoms. The van der Waals surface area contributed by atoms with E-state index in [0.29, 0.717) is 6.04 Å². The van der Waals surface area contributed by atoms with Gasteiger partial charge in [0.1, 0.15) is 0 Å². The van der Waals surface area contributed by atoms with Gasteiger partial charge in [0.25, 0.3) is 0 Å². The topological polar surface area (TPSA) is 52.7 Å². The lowest BCUT2D eigenvalue weighted by Crippen LogP contribution is -2.49. The second-order valence-corrected chi connectivity index (χ2v) is 6.70. The molecule has 2 aliphatic rings. The largest absolute Gasteiger partial charge is 0.352 e. The number of nitrogens with one attached hydrogen (secondary N) is 1. The molecule has 0 saturated heterocycles. The zero-order valence-corrected chi connectivity index (χ0v) is 13.9. The lowest BCUT2D eigenvalue weighted by Gasteiger charge is -2.34. The molecule has 0 bridgehead atoms. The number of fused-ring (bicyclic) bond motifs is 1. The molecule has 3 rings (SSSR count). The molecule has 5 nitrogen and oxygen atoms in total. The Morgan fingerprint density at radius 2 is 2.00 bits per heavy atom. The van der Waals surface area contributed by atoms with E-state index in [1.54, 1.807) is 11.9 Å². The van der Waals surface area contributed by atoms with Crippen LogP contribution in [-0.4, -0.2) is 53.8 Å². The van der Waals surface area contributed by atoms with E-state index in [-0.39, 0.29) is 24.4 Å². The van der Waals surface area contributed by atoms with Crippen molar-refractivity contribution < 1.29 is 9.59 Å². The smallest absolute Gasteiger partial charge is 0.239 e. The lowest BCUT2D eigenvalue weighted by molar-refractivity contribution is -0.139. The highest BCUT2D eigenvalue weighted by molar-refractivity contribution is 5.87. The first kappa shape index (κ1) is 16.0. The van der Waals surface area contributed by atoms with Gasteiger partial charge < -0.3 is 10.2 Å². The number of carbonyl (C=O) groups excluding carboxylic acids is 2. The molecule has 1 unspecified atom stereocenters. The normalized spacial score (nSPS) is 18.9. The molecule has 1 saturated carbocycles. The summed E-state index contributed by atoms with van der Waals surface area (Å²) in [7, 11) is 1.71. The van der Waals surface area contributed by atoms with Crippen LogP contribution in [0.4, 0.5) is 0 Å². The van der Waals surface area contributed by atoms with Crippen LogP contribution >= 0.6 is 0 Å². The molecule has 1 N–H and O–H groups in total. The Kier molecular flexibility index (Phi) is 4.66. The van der Waals surface area contributed by atoms with E-state index in [0.717, 1.165) is 32.4 Å². The fraction of sp³-hybridized carbons (Fsp3) is 0.556. The number of hydrogen-bond acceptors (Lipinski definition) is 3. The Hall–Kier alpha value is -1.88. The molecule has 1 fully saturated rings. The van der Waals surface area contributed by atoms with Crippen LogP contribution in [0.15, 0.2) is 24.3 Å². The fourth-order valence-corrected chi connectivity index (χ4v) is 3.12. The Bertz CT molecular complexity index is 598. The average molecular weight is 315 g/mol. The molecule has 1 aromatic carbocycles. The van der Waals surface area contributed by atoms with Crippen molar-refractivity contribution in [1.82, 2.24) is 15.1 Å². The Labute approximate surface area is 137 Å². The first-order valence-corrected chi connectivity index (χ1v) is 8.40. The van der Waals surface area contributed by atoms with Crippen LogP contribution in [0, 0.1) is 0 Å². The van der Waals surface area contributed by atoms with Crippen molar-refractivity contribution in [3.63, 3.8) is 0 Å². The van der Waals surface area contributed by atoms with Gasteiger partial charge in [0.05, 0.1) is 12.6 Å². The molecule has 0 aromatic heterocycles. The van der Waals surface area contributed by atoms with Crippen molar-refractivity contribution in [3.8, 4) is 0 Å². The van der Waals surface area contributed by atoms with E-state index in [1.165, 1.54) is 11.1 Å². The van der Waals surface area contributed by atoms with Gasteiger partial charge in [0, 0.05) is 26.2 Å². The van der Waals surface area contributed by atoms with Gasteiger partial charge in [-0.05, 0) is 37.3 Å². The maximum absolute atomic E-state index is 12.6. The van der Waals surface area contributed by atoms with Gasteiger partial charge in [-0.25, -0.2) is 0 Å². The predicted octanol–water partition coefficient (Wildman–Crippen LogP) is 1.17. The van der Waals surface area contributed by atoms with E-state index in [1.807, 2.05) is 13.0 Å². The van der Waals surface area contributed by atoms with Crippen LogP contribution in [0.25, 0.3) is 0 Å². The van der Waals surface area contributed by atoms with E-state index >= 15 is 0 Å². The molecule has 0 radical (unpaired) electrons. The molecule has 23 heavy (non-hydrogen) atoms. The fourth-order valence-electron chi connectivity index (χ4n) is 3.12. The first-order chi connectivity index (χ1) is 11.0. The maximum Gasteiger partial charge on any atom is 0.239 e. The van der Waals surface area contributed by atoms with Crippen molar-refractivity contribution in [2.24, 2.45) is 0 Å². The van der Waals surface area contributed by atoms with Crippen LogP contribution in [0.5, 0.6) is 0 Å². The summed E-state index contributed by atoms with van der Waals surface area (Å²) >= 11 is 0. The van der Waals surface area contributed by atoms with Gasteiger partial charge in [-0.15, -0.1) is 0 Å². The summed E-state index contributed by atoms with van der Waals surface area (Å²) in [5, 5.41) is 2.92. The Morgan fingerprint density at radius 3 is 2.70 bits per heavy atom. The third-order valence-electron chi connectivity index (χ3n) is 4.76. The zero-order chi connectivity index (χ0) is 16.4. The van der Waals surface area contributed by atoms with Crippen LogP contribution in [-0.2, 0) is 22.6 Å². The van der Waals surface area contributed by atoms with Gasteiger partial charge in [0.15, 0.2) is 0 Å². The molecule has 1 aliphatic heterocycles. The maximum atomic E-state index is 12.6. The quantitative estimate of drug-likeness (QED) is 0.887.